The van der Waals surface area contributed by atoms with Gasteiger partial charge in [-0.05, 0) is 89.9 Å². The maximum absolute atomic E-state index is 12.7. The number of esters is 1. The number of allylic oxidation sites excluding steroid dienone is 16. The van der Waals surface area contributed by atoms with Crippen LogP contribution in [0.25, 0.3) is 0 Å². The second-order valence-electron chi connectivity index (χ2n) is 16.4. The van der Waals surface area contributed by atoms with Crippen molar-refractivity contribution in [3.63, 3.8) is 0 Å². The Balaban J connectivity index is 4.30. The topological polar surface area (TPSA) is 91.3 Å². The summed E-state index contributed by atoms with van der Waals surface area (Å²) in [5.74, 6) is -0.346. The van der Waals surface area contributed by atoms with E-state index in [2.05, 4.69) is 111 Å². The molecule has 0 aliphatic rings. The van der Waals surface area contributed by atoms with Crippen molar-refractivity contribution in [2.24, 2.45) is 0 Å². The Hall–Kier alpha value is -2.58. The first kappa shape index (κ1) is 57.4. The summed E-state index contributed by atoms with van der Waals surface area (Å²) >= 11 is 0. The van der Waals surface area contributed by atoms with E-state index >= 15 is 0 Å². The average molecular weight is 859 g/mol. The van der Waals surface area contributed by atoms with Crippen molar-refractivity contribution in [2.45, 2.75) is 168 Å². The van der Waals surface area contributed by atoms with E-state index < -0.39 is 13.9 Å². The summed E-state index contributed by atoms with van der Waals surface area (Å²) in [5.41, 5.74) is 0. The van der Waals surface area contributed by atoms with Gasteiger partial charge in [-0.2, -0.15) is 0 Å². The van der Waals surface area contributed by atoms with Gasteiger partial charge in [-0.1, -0.05) is 162 Å². The lowest BCUT2D eigenvalue weighted by Crippen LogP contribution is -2.37. The Morgan fingerprint density at radius 1 is 0.533 bits per heavy atom. The first-order valence-electron chi connectivity index (χ1n) is 23.5. The lowest BCUT2D eigenvalue weighted by Gasteiger charge is -2.24. The van der Waals surface area contributed by atoms with E-state index in [1.165, 1.54) is 38.5 Å². The SMILES string of the molecule is CC/C=C\C/C=C\C/C=C\C/C=C\C/C=C\C/C=C\CCCCCCC(=O)OC(COCCCCCCCC/C=C\C/C=C\CCCC)COP(=O)(O)OCC[N+](C)(C)C. The van der Waals surface area contributed by atoms with Crippen LogP contribution in [0.2, 0.25) is 0 Å². The van der Waals surface area contributed by atoms with E-state index in [1.54, 1.807) is 0 Å². The van der Waals surface area contributed by atoms with E-state index in [4.69, 9.17) is 18.5 Å². The highest BCUT2D eigenvalue weighted by atomic mass is 31.2. The number of carbonyl (C=O) groups is 1. The quantitative estimate of drug-likeness (QED) is 0.0215. The molecular formula is C51H89NO7P+. The van der Waals surface area contributed by atoms with Crippen LogP contribution in [0.1, 0.15) is 162 Å². The average Bonchev–Trinajstić information content (AvgIpc) is 3.20. The van der Waals surface area contributed by atoms with Crippen molar-refractivity contribution >= 4 is 13.8 Å². The number of quaternary nitrogens is 1. The second-order valence-corrected chi connectivity index (χ2v) is 17.9. The van der Waals surface area contributed by atoms with Gasteiger partial charge < -0.3 is 18.9 Å². The van der Waals surface area contributed by atoms with Crippen molar-refractivity contribution in [3.8, 4) is 0 Å². The number of ether oxygens (including phenoxy) is 2. The molecule has 0 amide bonds. The molecule has 0 bridgehead atoms. The zero-order valence-electron chi connectivity index (χ0n) is 38.9. The maximum Gasteiger partial charge on any atom is 0.472 e. The Morgan fingerprint density at radius 2 is 0.967 bits per heavy atom. The number of hydrogen-bond acceptors (Lipinski definition) is 6. The van der Waals surface area contributed by atoms with E-state index in [1.807, 2.05) is 21.1 Å². The van der Waals surface area contributed by atoms with Crippen LogP contribution in [0.5, 0.6) is 0 Å². The molecule has 0 aromatic carbocycles. The van der Waals surface area contributed by atoms with Gasteiger partial charge in [0, 0.05) is 13.0 Å². The van der Waals surface area contributed by atoms with E-state index in [0.717, 1.165) is 103 Å². The van der Waals surface area contributed by atoms with Crippen LogP contribution in [0.3, 0.4) is 0 Å². The van der Waals surface area contributed by atoms with Crippen LogP contribution >= 0.6 is 7.82 Å². The molecule has 0 rings (SSSR count). The van der Waals surface area contributed by atoms with Crippen LogP contribution < -0.4 is 0 Å². The maximum atomic E-state index is 12.7. The third-order valence-corrected chi connectivity index (χ3v) is 10.4. The Labute approximate surface area is 368 Å². The van der Waals surface area contributed by atoms with Gasteiger partial charge in [0.1, 0.15) is 19.3 Å². The molecule has 344 valence electrons. The number of phosphoric acid groups is 1. The molecule has 0 aliphatic heterocycles. The fourth-order valence-electron chi connectivity index (χ4n) is 5.75. The molecule has 2 atom stereocenters. The van der Waals surface area contributed by atoms with Crippen LogP contribution in [0, 0.1) is 0 Å². The van der Waals surface area contributed by atoms with Crippen molar-refractivity contribution in [1.29, 1.82) is 0 Å². The normalized spacial score (nSPS) is 14.6. The highest BCUT2D eigenvalue weighted by Gasteiger charge is 2.26. The minimum atomic E-state index is -4.29. The molecule has 0 fully saturated rings. The molecule has 9 heteroatoms. The number of hydrogen-bond donors (Lipinski definition) is 1. The highest BCUT2D eigenvalue weighted by molar-refractivity contribution is 7.47. The van der Waals surface area contributed by atoms with E-state index in [0.29, 0.717) is 24.1 Å². The Bertz CT molecular complexity index is 1270. The van der Waals surface area contributed by atoms with Crippen molar-refractivity contribution in [1.82, 2.24) is 0 Å². The molecule has 0 aromatic rings. The summed E-state index contributed by atoms with van der Waals surface area (Å²) in [7, 11) is 1.62. The molecular weight excluding hydrogens is 770 g/mol. The summed E-state index contributed by atoms with van der Waals surface area (Å²) in [4.78, 5) is 22.9. The predicted octanol–water partition coefficient (Wildman–Crippen LogP) is 14.2. The van der Waals surface area contributed by atoms with Gasteiger partial charge in [0.2, 0.25) is 0 Å². The van der Waals surface area contributed by atoms with Gasteiger partial charge in [0.25, 0.3) is 0 Å². The van der Waals surface area contributed by atoms with Crippen LogP contribution in [0.4, 0.5) is 0 Å². The molecule has 1 N–H and O–H groups in total. The summed E-state index contributed by atoms with van der Waals surface area (Å²) in [6.07, 6.45) is 58.7. The zero-order valence-corrected chi connectivity index (χ0v) is 39.8. The van der Waals surface area contributed by atoms with Gasteiger partial charge in [-0.3, -0.25) is 13.8 Å². The predicted molar refractivity (Wildman–Crippen MR) is 256 cm³/mol. The fourth-order valence-corrected chi connectivity index (χ4v) is 6.49. The molecule has 0 heterocycles. The van der Waals surface area contributed by atoms with Crippen LogP contribution in [-0.4, -0.2) is 75.6 Å². The fraction of sp³-hybridized carbons (Fsp3) is 0.667. The van der Waals surface area contributed by atoms with Crippen molar-refractivity contribution in [2.75, 3.05) is 54.1 Å². The standard InChI is InChI=1S/C51H88NO7P/c1-6-8-10-12-14-16-18-20-22-23-24-25-26-27-28-29-30-32-34-36-38-40-42-44-51(53)59-50(49-58-60(54,55)57-47-45-52(3,4)5)48-56-46-43-41-39-37-35-33-31-21-19-17-15-13-11-9-7-2/h8,10,13-16,19-22,24-25,27-28,30,32,50H,6-7,9,11-12,17-18,23,26,29,31,33-49H2,1-5H3/p+1/b10-8-,15-13-,16-14-,21-19-,22-20-,25-24-,28-27-,32-30-. The molecule has 0 aromatic heterocycles. The Morgan fingerprint density at radius 3 is 1.45 bits per heavy atom. The number of carbonyl (C=O) groups excluding carboxylic acids is 1. The molecule has 8 nitrogen and oxygen atoms in total. The molecule has 0 radical (unpaired) electrons. The number of unbranched alkanes of at least 4 members (excludes halogenated alkanes) is 12. The van der Waals surface area contributed by atoms with Crippen molar-refractivity contribution < 1.29 is 37.3 Å². The minimum Gasteiger partial charge on any atom is -0.457 e. The number of nitrogens with zero attached hydrogens (tertiary/aromatic N) is 1. The van der Waals surface area contributed by atoms with Gasteiger partial charge in [0.15, 0.2) is 0 Å². The van der Waals surface area contributed by atoms with Crippen molar-refractivity contribution in [3.05, 3.63) is 97.2 Å². The van der Waals surface area contributed by atoms with Gasteiger partial charge in [0.05, 0.1) is 34.4 Å². The summed E-state index contributed by atoms with van der Waals surface area (Å²) in [6.45, 7) is 5.38. The molecule has 2 unspecified atom stereocenters. The van der Waals surface area contributed by atoms with Gasteiger partial charge >= 0.3 is 13.8 Å². The van der Waals surface area contributed by atoms with Crippen LogP contribution in [0.15, 0.2) is 97.2 Å². The number of likely N-dealkylation sites (N-methyl/N-ethyl adjacent to an activating group) is 1. The van der Waals surface area contributed by atoms with E-state index in [9.17, 15) is 14.3 Å². The third kappa shape index (κ3) is 46.5. The summed E-state index contributed by atoms with van der Waals surface area (Å²) in [6, 6.07) is 0. The summed E-state index contributed by atoms with van der Waals surface area (Å²) in [5, 5.41) is 0. The smallest absolute Gasteiger partial charge is 0.457 e. The largest absolute Gasteiger partial charge is 0.472 e. The van der Waals surface area contributed by atoms with Crippen LogP contribution in [-0.2, 0) is 27.9 Å². The lowest BCUT2D eigenvalue weighted by atomic mass is 10.1. The summed E-state index contributed by atoms with van der Waals surface area (Å²) < 4.78 is 35.0. The Kier molecular flexibility index (Phi) is 41.2. The van der Waals surface area contributed by atoms with Gasteiger partial charge in [-0.15, -0.1) is 0 Å². The first-order valence-corrected chi connectivity index (χ1v) is 25.0. The molecule has 0 saturated carbocycles. The second kappa shape index (κ2) is 43.1. The molecule has 0 spiro atoms. The third-order valence-electron chi connectivity index (χ3n) is 9.38. The highest BCUT2D eigenvalue weighted by Crippen LogP contribution is 2.43. The zero-order chi connectivity index (χ0) is 44.1. The lowest BCUT2D eigenvalue weighted by molar-refractivity contribution is -0.870. The van der Waals surface area contributed by atoms with Gasteiger partial charge in [-0.25, -0.2) is 4.57 Å². The first-order chi connectivity index (χ1) is 29.1. The minimum absolute atomic E-state index is 0.0752. The monoisotopic (exact) mass is 859 g/mol. The number of rotatable bonds is 42. The molecule has 60 heavy (non-hydrogen) atoms. The van der Waals surface area contributed by atoms with E-state index in [-0.39, 0.29) is 25.8 Å². The molecule has 0 saturated heterocycles. The molecule has 0 aliphatic carbocycles. The number of phosphoric ester groups is 1.